The largest absolute Gasteiger partial charge is 0.398 e. The highest BCUT2D eigenvalue weighted by molar-refractivity contribution is 7.16. The van der Waals surface area contributed by atoms with Crippen molar-refractivity contribution in [1.29, 1.82) is 0 Å². The highest BCUT2D eigenvalue weighted by Gasteiger charge is 2.19. The Morgan fingerprint density at radius 3 is 2.94 bits per heavy atom. The molecule has 0 saturated heterocycles. The van der Waals surface area contributed by atoms with Crippen molar-refractivity contribution < 1.29 is 4.79 Å². The summed E-state index contributed by atoms with van der Waals surface area (Å²) in [7, 11) is 0. The van der Waals surface area contributed by atoms with E-state index < -0.39 is 0 Å². The predicted molar refractivity (Wildman–Crippen MR) is 75.6 cm³/mol. The number of hydrogen-bond donors (Lipinski definition) is 2. The third-order valence-corrected chi connectivity index (χ3v) is 5.13. The molecule has 0 aromatic carbocycles. The quantitative estimate of drug-likeness (QED) is 0.888. The van der Waals surface area contributed by atoms with Gasteiger partial charge >= 0.3 is 0 Å². The van der Waals surface area contributed by atoms with Crippen molar-refractivity contribution in [2.45, 2.75) is 26.2 Å². The van der Waals surface area contributed by atoms with Crippen LogP contribution in [0.4, 0.5) is 10.8 Å². The van der Waals surface area contributed by atoms with Crippen LogP contribution in [0.2, 0.25) is 0 Å². The zero-order valence-electron chi connectivity index (χ0n) is 9.95. The number of rotatable bonds is 2. The number of thiazole rings is 1. The second-order valence-electron chi connectivity index (χ2n) is 4.32. The second-order valence-corrected chi connectivity index (χ2v) is 6.66. The summed E-state index contributed by atoms with van der Waals surface area (Å²) < 4.78 is 0. The molecule has 1 aliphatic carbocycles. The van der Waals surface area contributed by atoms with Gasteiger partial charge in [0.15, 0.2) is 5.13 Å². The fraction of sp³-hybridized carbons (Fsp3) is 0.333. The predicted octanol–water partition coefficient (Wildman–Crippen LogP) is 2.84. The van der Waals surface area contributed by atoms with Crippen molar-refractivity contribution in [1.82, 2.24) is 4.98 Å². The van der Waals surface area contributed by atoms with E-state index in [2.05, 4.69) is 10.3 Å². The molecular formula is C12H13N3OS2. The van der Waals surface area contributed by atoms with E-state index in [-0.39, 0.29) is 5.91 Å². The molecule has 0 unspecified atom stereocenters. The summed E-state index contributed by atoms with van der Waals surface area (Å²) >= 11 is 3.00. The molecule has 2 heterocycles. The molecule has 0 atom stereocenters. The van der Waals surface area contributed by atoms with E-state index in [4.69, 9.17) is 5.73 Å². The fourth-order valence-corrected chi connectivity index (χ4v) is 3.89. The highest BCUT2D eigenvalue weighted by atomic mass is 32.1. The lowest BCUT2D eigenvalue weighted by Gasteiger charge is -1.98. The Morgan fingerprint density at radius 2 is 2.28 bits per heavy atom. The van der Waals surface area contributed by atoms with Crippen LogP contribution in [-0.2, 0) is 12.8 Å². The lowest BCUT2D eigenvalue weighted by Crippen LogP contribution is -2.09. The molecule has 0 radical (unpaired) electrons. The van der Waals surface area contributed by atoms with Gasteiger partial charge in [0.2, 0.25) is 0 Å². The molecule has 0 aliphatic heterocycles. The van der Waals surface area contributed by atoms with Crippen molar-refractivity contribution in [2.75, 3.05) is 11.1 Å². The first-order valence-electron chi connectivity index (χ1n) is 5.79. The van der Waals surface area contributed by atoms with E-state index in [1.54, 1.807) is 17.4 Å². The lowest BCUT2D eigenvalue weighted by molar-refractivity contribution is 0.103. The van der Waals surface area contributed by atoms with E-state index in [1.807, 2.05) is 6.92 Å². The molecule has 94 valence electrons. The Hall–Kier alpha value is -1.40. The monoisotopic (exact) mass is 279 g/mol. The van der Waals surface area contributed by atoms with Gasteiger partial charge < -0.3 is 5.73 Å². The minimum absolute atomic E-state index is 0.118. The van der Waals surface area contributed by atoms with Crippen LogP contribution in [-0.4, -0.2) is 10.9 Å². The molecule has 2 aromatic heterocycles. The van der Waals surface area contributed by atoms with E-state index in [9.17, 15) is 4.79 Å². The van der Waals surface area contributed by atoms with Gasteiger partial charge in [-0.15, -0.1) is 22.7 Å². The zero-order valence-corrected chi connectivity index (χ0v) is 11.6. The van der Waals surface area contributed by atoms with Crippen LogP contribution in [0, 0.1) is 6.92 Å². The number of carbonyl (C=O) groups excluding carboxylic acids is 1. The summed E-state index contributed by atoms with van der Waals surface area (Å²) in [5.41, 5.74) is 7.57. The number of aryl methyl sites for hydroxylation is 3. The normalized spacial score (nSPS) is 13.6. The van der Waals surface area contributed by atoms with Gasteiger partial charge in [0, 0.05) is 15.4 Å². The number of amides is 1. The molecule has 3 rings (SSSR count). The van der Waals surface area contributed by atoms with Crippen LogP contribution in [0.15, 0.2) is 6.07 Å². The van der Waals surface area contributed by atoms with Gasteiger partial charge in [-0.3, -0.25) is 10.1 Å². The fourth-order valence-electron chi connectivity index (χ4n) is 2.01. The molecule has 0 spiro atoms. The van der Waals surface area contributed by atoms with Crippen LogP contribution in [0.1, 0.15) is 31.5 Å². The first kappa shape index (κ1) is 11.7. The summed E-state index contributed by atoms with van der Waals surface area (Å²) in [4.78, 5) is 19.4. The Balaban J connectivity index is 1.77. The van der Waals surface area contributed by atoms with Gasteiger partial charge in [-0.2, -0.15) is 0 Å². The summed E-state index contributed by atoms with van der Waals surface area (Å²) in [5.74, 6) is -0.118. The smallest absolute Gasteiger partial charge is 0.267 e. The molecule has 1 aliphatic rings. The minimum atomic E-state index is -0.118. The van der Waals surface area contributed by atoms with Gasteiger partial charge in [-0.1, -0.05) is 0 Å². The van der Waals surface area contributed by atoms with Crippen molar-refractivity contribution in [3.8, 4) is 0 Å². The number of thiophene rings is 1. The number of hydrogen-bond acceptors (Lipinski definition) is 5. The third kappa shape index (κ3) is 2.02. The van der Waals surface area contributed by atoms with Crippen LogP contribution < -0.4 is 11.1 Å². The first-order valence-corrected chi connectivity index (χ1v) is 7.42. The molecule has 1 amide bonds. The number of nitrogens with one attached hydrogen (secondary N) is 1. The molecule has 0 fully saturated rings. The Bertz CT molecular complexity index is 574. The zero-order chi connectivity index (χ0) is 12.7. The maximum Gasteiger partial charge on any atom is 0.267 e. The SMILES string of the molecule is Cc1sc(C(=O)Nc2nc3c(s2)CCC3)cc1N. The maximum absolute atomic E-state index is 12.0. The van der Waals surface area contributed by atoms with Crippen molar-refractivity contribution in [3.05, 3.63) is 26.4 Å². The van der Waals surface area contributed by atoms with Gasteiger partial charge in [0.05, 0.1) is 10.6 Å². The lowest BCUT2D eigenvalue weighted by atomic mass is 10.3. The molecule has 6 heteroatoms. The topological polar surface area (TPSA) is 68.0 Å². The molecule has 18 heavy (non-hydrogen) atoms. The second kappa shape index (κ2) is 4.37. The molecular weight excluding hydrogens is 266 g/mol. The number of carbonyl (C=O) groups is 1. The number of nitrogens with zero attached hydrogens (tertiary/aromatic N) is 1. The van der Waals surface area contributed by atoms with Gasteiger partial charge in [0.25, 0.3) is 5.91 Å². The van der Waals surface area contributed by atoms with E-state index in [1.165, 1.54) is 22.6 Å². The standard InChI is InChI=1S/C12H13N3OS2/c1-6-7(13)5-10(17-6)11(16)15-12-14-8-3-2-4-9(8)18-12/h5H,2-4,13H2,1H3,(H,14,15,16). The molecule has 2 aromatic rings. The Morgan fingerprint density at radius 1 is 1.44 bits per heavy atom. The summed E-state index contributed by atoms with van der Waals surface area (Å²) in [6, 6.07) is 1.72. The van der Waals surface area contributed by atoms with Crippen molar-refractivity contribution in [3.63, 3.8) is 0 Å². The van der Waals surface area contributed by atoms with Crippen LogP contribution in [0.3, 0.4) is 0 Å². The molecule has 3 N–H and O–H groups in total. The van der Waals surface area contributed by atoms with Crippen molar-refractivity contribution >= 4 is 39.4 Å². The summed E-state index contributed by atoms with van der Waals surface area (Å²) in [6.45, 7) is 1.91. The minimum Gasteiger partial charge on any atom is -0.398 e. The van der Waals surface area contributed by atoms with Gasteiger partial charge in [-0.25, -0.2) is 4.98 Å². The Kier molecular flexibility index (Phi) is 2.83. The third-order valence-electron chi connectivity index (χ3n) is 3.00. The summed E-state index contributed by atoms with van der Waals surface area (Å²) in [5, 5.41) is 3.55. The number of nitrogens with two attached hydrogens (primary N) is 1. The number of fused-ring (bicyclic) bond motifs is 1. The van der Waals surface area contributed by atoms with Gasteiger partial charge in [0.1, 0.15) is 0 Å². The Labute approximate surface area is 113 Å². The number of aromatic nitrogens is 1. The number of nitrogen functional groups attached to an aromatic ring is 1. The van der Waals surface area contributed by atoms with E-state index >= 15 is 0 Å². The highest BCUT2D eigenvalue weighted by Crippen LogP contribution is 2.31. The summed E-state index contributed by atoms with van der Waals surface area (Å²) in [6.07, 6.45) is 3.31. The van der Waals surface area contributed by atoms with Crippen LogP contribution >= 0.6 is 22.7 Å². The average Bonchev–Trinajstić information content (AvgIpc) is 2.95. The van der Waals surface area contributed by atoms with Crippen molar-refractivity contribution in [2.24, 2.45) is 0 Å². The molecule has 0 bridgehead atoms. The van der Waals surface area contributed by atoms with Gasteiger partial charge in [-0.05, 0) is 32.3 Å². The first-order chi connectivity index (χ1) is 8.63. The number of anilines is 2. The molecule has 4 nitrogen and oxygen atoms in total. The van der Waals surface area contributed by atoms with Crippen LogP contribution in [0.25, 0.3) is 0 Å². The maximum atomic E-state index is 12.0. The van der Waals surface area contributed by atoms with E-state index in [0.29, 0.717) is 15.7 Å². The van der Waals surface area contributed by atoms with E-state index in [0.717, 1.165) is 23.4 Å². The molecule has 0 saturated carbocycles. The average molecular weight is 279 g/mol. The van der Waals surface area contributed by atoms with Crippen LogP contribution in [0.5, 0.6) is 0 Å².